The van der Waals surface area contributed by atoms with Crippen molar-refractivity contribution in [3.8, 4) is 0 Å². The highest BCUT2D eigenvalue weighted by molar-refractivity contribution is 5.86. The lowest BCUT2D eigenvalue weighted by molar-refractivity contribution is -0.513. The average Bonchev–Trinajstić information content (AvgIpc) is 3.04. The highest BCUT2D eigenvalue weighted by Crippen LogP contribution is 2.35. The van der Waals surface area contributed by atoms with Gasteiger partial charge in [0.1, 0.15) is 0 Å². The number of rotatable bonds is 6. The lowest BCUT2D eigenvalue weighted by Gasteiger charge is -2.20. The van der Waals surface area contributed by atoms with Crippen molar-refractivity contribution in [2.24, 2.45) is 0 Å². The number of ether oxygens (including phenoxy) is 1. The number of para-hydroxylation sites is 1. The summed E-state index contributed by atoms with van der Waals surface area (Å²) in [6, 6.07) is 13.5. The Hall–Kier alpha value is -3.15. The molecule has 2 aromatic carbocycles. The van der Waals surface area contributed by atoms with E-state index >= 15 is 0 Å². The Balaban J connectivity index is 2.20. The summed E-state index contributed by atoms with van der Waals surface area (Å²) in [5.41, 5.74) is 3.32. The van der Waals surface area contributed by atoms with Crippen LogP contribution in [0, 0.1) is 17.0 Å². The minimum Gasteiger partial charge on any atom is -0.461 e. The predicted octanol–water partition coefficient (Wildman–Crippen LogP) is 3.82. The van der Waals surface area contributed by atoms with Crippen LogP contribution in [-0.2, 0) is 9.53 Å². The van der Waals surface area contributed by atoms with Gasteiger partial charge >= 0.3 is 12.0 Å². The van der Waals surface area contributed by atoms with Crippen LogP contribution in [0.3, 0.4) is 0 Å². The van der Waals surface area contributed by atoms with Gasteiger partial charge < -0.3 is 9.72 Å². The van der Waals surface area contributed by atoms with E-state index in [1.165, 1.54) is 0 Å². The second kappa shape index (κ2) is 7.39. The third-order valence-electron chi connectivity index (χ3n) is 4.46. The van der Waals surface area contributed by atoms with Crippen LogP contribution in [0.1, 0.15) is 29.5 Å². The fourth-order valence-electron chi connectivity index (χ4n) is 3.23. The molecule has 0 amide bonds. The number of aryl methyl sites for hydroxylation is 1. The second-order valence-electron chi connectivity index (χ2n) is 6.16. The first-order chi connectivity index (χ1) is 12.5. The topological polar surface area (TPSA) is 85.2 Å². The van der Waals surface area contributed by atoms with Crippen molar-refractivity contribution >= 4 is 16.9 Å². The zero-order valence-electron chi connectivity index (χ0n) is 14.6. The molecule has 3 rings (SSSR count). The van der Waals surface area contributed by atoms with Gasteiger partial charge in [-0.1, -0.05) is 48.0 Å². The molecule has 0 aliphatic rings. The zero-order valence-corrected chi connectivity index (χ0v) is 14.6. The van der Waals surface area contributed by atoms with E-state index in [1.54, 1.807) is 13.1 Å². The van der Waals surface area contributed by atoms with Crippen molar-refractivity contribution in [3.63, 3.8) is 0 Å². The van der Waals surface area contributed by atoms with Gasteiger partial charge in [-0.2, -0.15) is 0 Å². The molecular formula is C20H20N2O4. The number of hydrogen-bond donors (Lipinski definition) is 1. The number of fused-ring (bicyclic) bond motifs is 1. The summed E-state index contributed by atoms with van der Waals surface area (Å²) in [6.07, 6.45) is 1.74. The number of nitrogens with zero attached hydrogens (tertiary/aromatic N) is 1. The molecule has 3 aromatic rings. The largest absolute Gasteiger partial charge is 0.461 e. The first-order valence-corrected chi connectivity index (χ1v) is 8.45. The predicted molar refractivity (Wildman–Crippen MR) is 98.7 cm³/mol. The van der Waals surface area contributed by atoms with E-state index in [9.17, 15) is 14.9 Å². The summed E-state index contributed by atoms with van der Waals surface area (Å²) in [7, 11) is 0. The van der Waals surface area contributed by atoms with Crippen LogP contribution in [-0.4, -0.2) is 28.5 Å². The Labute approximate surface area is 150 Å². The maximum Gasteiger partial charge on any atom is 0.382 e. The molecule has 0 fully saturated rings. The molecule has 0 aliphatic heterocycles. The average molecular weight is 352 g/mol. The lowest BCUT2D eigenvalue weighted by Crippen LogP contribution is -2.37. The third kappa shape index (κ3) is 3.31. The highest BCUT2D eigenvalue weighted by Gasteiger charge is 2.43. The van der Waals surface area contributed by atoms with Gasteiger partial charge in [-0.25, -0.2) is 4.79 Å². The molecule has 6 heteroatoms. The summed E-state index contributed by atoms with van der Waals surface area (Å²) in [5.74, 6) is -1.57. The molecule has 2 atom stereocenters. The lowest BCUT2D eigenvalue weighted by atomic mass is 9.84. The Bertz CT molecular complexity index is 930. The fraction of sp³-hybridized carbons (Fsp3) is 0.250. The van der Waals surface area contributed by atoms with E-state index in [1.807, 2.05) is 55.5 Å². The Morgan fingerprint density at radius 3 is 2.54 bits per heavy atom. The molecular weight excluding hydrogens is 332 g/mol. The summed E-state index contributed by atoms with van der Waals surface area (Å²) >= 11 is 0. The maximum absolute atomic E-state index is 12.4. The Kier molecular flexibility index (Phi) is 5.02. The SMILES string of the molecule is CCOC(=O)[C@@H]([C@H](c1ccc(C)cc1)c1c[nH]c2ccccc12)[N+](=O)[O-]. The monoisotopic (exact) mass is 352 g/mol. The molecule has 6 nitrogen and oxygen atoms in total. The number of aromatic nitrogens is 1. The maximum atomic E-state index is 12.4. The number of benzene rings is 2. The normalized spacial score (nSPS) is 13.3. The Morgan fingerprint density at radius 1 is 1.19 bits per heavy atom. The highest BCUT2D eigenvalue weighted by atomic mass is 16.6. The summed E-state index contributed by atoms with van der Waals surface area (Å²) in [4.78, 5) is 26.8. The number of nitrogens with one attached hydrogen (secondary N) is 1. The minimum atomic E-state index is -1.52. The van der Waals surface area contributed by atoms with Gasteiger partial charge in [0.25, 0.3) is 0 Å². The van der Waals surface area contributed by atoms with Crippen molar-refractivity contribution in [3.05, 3.63) is 81.5 Å². The van der Waals surface area contributed by atoms with E-state index in [0.29, 0.717) is 11.1 Å². The molecule has 0 radical (unpaired) electrons. The van der Waals surface area contributed by atoms with E-state index in [4.69, 9.17) is 4.74 Å². The van der Waals surface area contributed by atoms with E-state index in [2.05, 4.69) is 4.98 Å². The molecule has 1 heterocycles. The van der Waals surface area contributed by atoms with E-state index in [0.717, 1.165) is 16.5 Å². The number of esters is 1. The first-order valence-electron chi connectivity index (χ1n) is 8.45. The van der Waals surface area contributed by atoms with E-state index in [-0.39, 0.29) is 6.61 Å². The molecule has 0 saturated heterocycles. The first kappa shape index (κ1) is 17.7. The zero-order chi connectivity index (χ0) is 18.7. The van der Waals surface area contributed by atoms with Gasteiger partial charge in [-0.3, -0.25) is 10.1 Å². The van der Waals surface area contributed by atoms with Gasteiger partial charge in [0, 0.05) is 22.0 Å². The van der Waals surface area contributed by atoms with Gasteiger partial charge in [-0.05, 0) is 31.0 Å². The fourth-order valence-corrected chi connectivity index (χ4v) is 3.23. The quantitative estimate of drug-likeness (QED) is 0.415. The van der Waals surface area contributed by atoms with Gasteiger partial charge in [0.2, 0.25) is 0 Å². The number of carbonyl (C=O) groups excluding carboxylic acids is 1. The number of aromatic amines is 1. The second-order valence-corrected chi connectivity index (χ2v) is 6.16. The molecule has 0 saturated carbocycles. The third-order valence-corrected chi connectivity index (χ3v) is 4.46. The Morgan fingerprint density at radius 2 is 1.88 bits per heavy atom. The van der Waals surface area contributed by atoms with Crippen molar-refractivity contribution < 1.29 is 14.5 Å². The molecule has 134 valence electrons. The molecule has 0 bridgehead atoms. The van der Waals surface area contributed by atoms with Crippen LogP contribution >= 0.6 is 0 Å². The van der Waals surface area contributed by atoms with Crippen LogP contribution in [0.2, 0.25) is 0 Å². The standard InChI is InChI=1S/C20H20N2O4/c1-3-26-20(23)19(22(24)25)18(14-10-8-13(2)9-11-14)16-12-21-17-7-5-4-6-15(16)17/h4-12,18-19,21H,3H2,1-2H3/t18-,19-/m1/s1. The van der Waals surface area contributed by atoms with Crippen LogP contribution in [0.15, 0.2) is 54.7 Å². The molecule has 1 aromatic heterocycles. The molecule has 0 unspecified atom stereocenters. The number of H-pyrrole nitrogens is 1. The van der Waals surface area contributed by atoms with Crippen LogP contribution < -0.4 is 0 Å². The molecule has 1 N–H and O–H groups in total. The van der Waals surface area contributed by atoms with Crippen LogP contribution in [0.4, 0.5) is 0 Å². The molecule has 0 aliphatic carbocycles. The summed E-state index contributed by atoms with van der Waals surface area (Å²) in [5, 5.41) is 12.7. The van der Waals surface area contributed by atoms with Gasteiger partial charge in [-0.15, -0.1) is 0 Å². The van der Waals surface area contributed by atoms with E-state index < -0.39 is 22.9 Å². The van der Waals surface area contributed by atoms with Crippen LogP contribution in [0.5, 0.6) is 0 Å². The number of carbonyl (C=O) groups is 1. The minimum absolute atomic E-state index is 0.0949. The summed E-state index contributed by atoms with van der Waals surface area (Å²) < 4.78 is 5.01. The smallest absolute Gasteiger partial charge is 0.382 e. The molecule has 26 heavy (non-hydrogen) atoms. The van der Waals surface area contributed by atoms with Gasteiger partial charge in [0.05, 0.1) is 12.5 Å². The molecule has 0 spiro atoms. The van der Waals surface area contributed by atoms with Crippen molar-refractivity contribution in [1.29, 1.82) is 0 Å². The van der Waals surface area contributed by atoms with Crippen LogP contribution in [0.25, 0.3) is 10.9 Å². The van der Waals surface area contributed by atoms with Gasteiger partial charge in [0.15, 0.2) is 0 Å². The number of nitro groups is 1. The van der Waals surface area contributed by atoms with Crippen molar-refractivity contribution in [2.75, 3.05) is 6.61 Å². The van der Waals surface area contributed by atoms with Crippen molar-refractivity contribution in [1.82, 2.24) is 4.98 Å². The summed E-state index contributed by atoms with van der Waals surface area (Å²) in [6.45, 7) is 3.68. The van der Waals surface area contributed by atoms with Crippen molar-refractivity contribution in [2.45, 2.75) is 25.8 Å². The number of hydrogen-bond acceptors (Lipinski definition) is 4.